The number of allylic oxidation sites excluding steroid dienone is 1. The fourth-order valence-corrected chi connectivity index (χ4v) is 6.53. The third-order valence-corrected chi connectivity index (χ3v) is 8.98. The molecule has 0 bridgehead atoms. The van der Waals surface area contributed by atoms with Crippen LogP contribution in [0.15, 0.2) is 69.6 Å². The van der Waals surface area contributed by atoms with Crippen LogP contribution in [0.25, 0.3) is 6.08 Å². The van der Waals surface area contributed by atoms with Crippen molar-refractivity contribution in [3.63, 3.8) is 0 Å². The Kier molecular flexibility index (Phi) is 10.0. The summed E-state index contributed by atoms with van der Waals surface area (Å²) in [5.74, 6) is 0.411. The Balaban J connectivity index is 1.33. The molecule has 2 aromatic carbocycles. The van der Waals surface area contributed by atoms with Gasteiger partial charge in [-0.1, -0.05) is 47.2 Å². The summed E-state index contributed by atoms with van der Waals surface area (Å²) in [4.78, 5) is 46.8. The average molecular weight is 637 g/mol. The molecule has 0 saturated carbocycles. The number of carbonyl (C=O) groups excluding carboxylic acids is 2. The van der Waals surface area contributed by atoms with Crippen molar-refractivity contribution in [2.24, 2.45) is 10.9 Å². The number of benzene rings is 2. The first kappa shape index (κ1) is 31.7. The van der Waals surface area contributed by atoms with E-state index in [1.165, 1.54) is 11.3 Å². The van der Waals surface area contributed by atoms with E-state index in [0.29, 0.717) is 43.8 Å². The number of rotatable bonds is 9. The standard InChI is InChI=1S/C33H37ClN4O5S/c1-20(2)43-32(41)29-21(3)36-33-38(30(29)24-7-9-25(34)10-8-24)31(40)27(44-33)17-22-5-11-26(12-6-22)42-19-28(39)35-18-23-13-15-37(4)16-14-23/h5-12,17,20,23,30H,13-16,18-19H2,1-4H3,(H,35,39)/b27-17-. The highest BCUT2D eigenvalue weighted by Gasteiger charge is 2.33. The lowest BCUT2D eigenvalue weighted by Crippen LogP contribution is -2.40. The molecule has 1 saturated heterocycles. The molecular weight excluding hydrogens is 600 g/mol. The lowest BCUT2D eigenvalue weighted by Gasteiger charge is -2.28. The normalized spacial score (nSPS) is 17.8. The van der Waals surface area contributed by atoms with Gasteiger partial charge in [0, 0.05) is 11.6 Å². The average Bonchev–Trinajstić information content (AvgIpc) is 3.29. The van der Waals surface area contributed by atoms with Crippen molar-refractivity contribution in [3.05, 3.63) is 95.6 Å². The fourth-order valence-electron chi connectivity index (χ4n) is 5.36. The summed E-state index contributed by atoms with van der Waals surface area (Å²) >= 11 is 7.40. The maximum absolute atomic E-state index is 13.8. The van der Waals surface area contributed by atoms with E-state index in [0.717, 1.165) is 37.1 Å². The van der Waals surface area contributed by atoms with Gasteiger partial charge in [-0.2, -0.15) is 0 Å². The molecule has 1 N–H and O–H groups in total. The second-order valence-electron chi connectivity index (χ2n) is 11.5. The first-order valence-corrected chi connectivity index (χ1v) is 16.0. The maximum Gasteiger partial charge on any atom is 0.338 e. The highest BCUT2D eigenvalue weighted by atomic mass is 35.5. The molecule has 1 atom stereocenters. The van der Waals surface area contributed by atoms with E-state index in [-0.39, 0.29) is 24.2 Å². The minimum absolute atomic E-state index is 0.0593. The van der Waals surface area contributed by atoms with Crippen LogP contribution in [0.4, 0.5) is 0 Å². The van der Waals surface area contributed by atoms with E-state index >= 15 is 0 Å². The quantitative estimate of drug-likeness (QED) is 0.360. The maximum atomic E-state index is 13.8. The molecule has 0 aliphatic carbocycles. The Labute approximate surface area is 265 Å². The molecule has 0 radical (unpaired) electrons. The number of nitrogens with zero attached hydrogens (tertiary/aromatic N) is 3. The Morgan fingerprint density at radius 1 is 1.11 bits per heavy atom. The van der Waals surface area contributed by atoms with Crippen molar-refractivity contribution in [1.82, 2.24) is 14.8 Å². The highest BCUT2D eigenvalue weighted by molar-refractivity contribution is 7.07. The van der Waals surface area contributed by atoms with Crippen LogP contribution < -0.4 is 24.9 Å². The van der Waals surface area contributed by atoms with E-state index < -0.39 is 12.0 Å². The molecule has 1 fully saturated rings. The molecule has 0 spiro atoms. The second-order valence-corrected chi connectivity index (χ2v) is 12.9. The van der Waals surface area contributed by atoms with Gasteiger partial charge in [-0.3, -0.25) is 14.2 Å². The molecule has 2 aliphatic rings. The number of amides is 1. The summed E-state index contributed by atoms with van der Waals surface area (Å²) < 4.78 is 13.3. The molecular formula is C33H37ClN4O5S. The Morgan fingerprint density at radius 2 is 1.80 bits per heavy atom. The van der Waals surface area contributed by atoms with Gasteiger partial charge in [0.2, 0.25) is 0 Å². The number of thiazole rings is 1. The van der Waals surface area contributed by atoms with E-state index in [1.807, 2.05) is 12.1 Å². The van der Waals surface area contributed by atoms with Crippen molar-refractivity contribution in [3.8, 4) is 5.75 Å². The summed E-state index contributed by atoms with van der Waals surface area (Å²) in [5.41, 5.74) is 2.06. The van der Waals surface area contributed by atoms with Gasteiger partial charge in [0.25, 0.3) is 11.5 Å². The SMILES string of the molecule is CC1=C(C(=O)OC(C)C)C(c2ccc(Cl)cc2)n2c(s/c(=C\c3ccc(OCC(=O)NCC4CCN(C)CC4)cc3)c2=O)=N1. The van der Waals surface area contributed by atoms with Crippen LogP contribution in [-0.2, 0) is 14.3 Å². The highest BCUT2D eigenvalue weighted by Crippen LogP contribution is 2.31. The van der Waals surface area contributed by atoms with Crippen LogP contribution in [0.1, 0.15) is 50.8 Å². The smallest absolute Gasteiger partial charge is 0.338 e. The predicted molar refractivity (Wildman–Crippen MR) is 172 cm³/mol. The van der Waals surface area contributed by atoms with E-state index in [1.54, 1.807) is 67.8 Å². The molecule has 11 heteroatoms. The van der Waals surface area contributed by atoms with Gasteiger partial charge in [-0.05, 0) is 101 Å². The lowest BCUT2D eigenvalue weighted by atomic mass is 9.96. The Hall–Kier alpha value is -3.73. The summed E-state index contributed by atoms with van der Waals surface area (Å²) in [6.07, 6.45) is 3.63. The fraction of sp³-hybridized carbons (Fsp3) is 0.394. The number of hydrogen-bond donors (Lipinski definition) is 1. The largest absolute Gasteiger partial charge is 0.484 e. The molecule has 5 rings (SSSR count). The second kappa shape index (κ2) is 13.9. The van der Waals surface area contributed by atoms with Gasteiger partial charge in [0.1, 0.15) is 5.75 Å². The first-order chi connectivity index (χ1) is 21.1. The Bertz CT molecular complexity index is 1720. The van der Waals surface area contributed by atoms with Gasteiger partial charge < -0.3 is 19.7 Å². The van der Waals surface area contributed by atoms with Gasteiger partial charge in [0.05, 0.1) is 27.9 Å². The van der Waals surface area contributed by atoms with Crippen molar-refractivity contribution >= 4 is 40.9 Å². The number of piperidine rings is 1. The summed E-state index contributed by atoms with van der Waals surface area (Å²) in [5, 5.41) is 3.53. The van der Waals surface area contributed by atoms with Crippen LogP contribution >= 0.6 is 22.9 Å². The van der Waals surface area contributed by atoms with Crippen LogP contribution in [0.5, 0.6) is 5.75 Å². The minimum Gasteiger partial charge on any atom is -0.484 e. The zero-order chi connectivity index (χ0) is 31.4. The van der Waals surface area contributed by atoms with Crippen molar-refractivity contribution < 1.29 is 19.1 Å². The molecule has 1 amide bonds. The minimum atomic E-state index is -0.710. The van der Waals surface area contributed by atoms with Gasteiger partial charge in [-0.25, -0.2) is 9.79 Å². The monoisotopic (exact) mass is 636 g/mol. The number of aromatic nitrogens is 1. The molecule has 3 heterocycles. The van der Waals surface area contributed by atoms with E-state index in [9.17, 15) is 14.4 Å². The number of ether oxygens (including phenoxy) is 2. The Morgan fingerprint density at radius 3 is 2.45 bits per heavy atom. The molecule has 2 aliphatic heterocycles. The zero-order valence-corrected chi connectivity index (χ0v) is 26.9. The number of fused-ring (bicyclic) bond motifs is 1. The number of halogens is 1. The van der Waals surface area contributed by atoms with Gasteiger partial charge in [-0.15, -0.1) is 0 Å². The topological polar surface area (TPSA) is 102 Å². The molecule has 44 heavy (non-hydrogen) atoms. The summed E-state index contributed by atoms with van der Waals surface area (Å²) in [7, 11) is 2.12. The van der Waals surface area contributed by atoms with Crippen LogP contribution in [0.2, 0.25) is 5.02 Å². The third kappa shape index (κ3) is 7.49. The van der Waals surface area contributed by atoms with Gasteiger partial charge in [0.15, 0.2) is 11.4 Å². The van der Waals surface area contributed by atoms with Crippen molar-refractivity contribution in [1.29, 1.82) is 0 Å². The van der Waals surface area contributed by atoms with Crippen molar-refractivity contribution in [2.45, 2.75) is 45.8 Å². The molecule has 1 aromatic heterocycles. The number of likely N-dealkylation sites (tertiary alicyclic amines) is 1. The lowest BCUT2D eigenvalue weighted by molar-refractivity contribution is -0.143. The summed E-state index contributed by atoms with van der Waals surface area (Å²) in [6, 6.07) is 13.6. The van der Waals surface area contributed by atoms with E-state index in [4.69, 9.17) is 21.1 Å². The molecule has 1 unspecified atom stereocenters. The number of esters is 1. The molecule has 9 nitrogen and oxygen atoms in total. The van der Waals surface area contributed by atoms with Crippen LogP contribution in [0, 0.1) is 5.92 Å². The van der Waals surface area contributed by atoms with Crippen LogP contribution in [0.3, 0.4) is 0 Å². The van der Waals surface area contributed by atoms with E-state index in [2.05, 4.69) is 22.3 Å². The third-order valence-electron chi connectivity index (χ3n) is 7.74. The number of hydrogen-bond acceptors (Lipinski definition) is 8. The summed E-state index contributed by atoms with van der Waals surface area (Å²) in [6.45, 7) is 8.05. The number of carbonyl (C=O) groups is 2. The van der Waals surface area contributed by atoms with Crippen LogP contribution in [-0.4, -0.2) is 60.7 Å². The van der Waals surface area contributed by atoms with Crippen molar-refractivity contribution in [2.75, 3.05) is 33.3 Å². The predicted octanol–water partition coefficient (Wildman–Crippen LogP) is 3.68. The molecule has 3 aromatic rings. The zero-order valence-electron chi connectivity index (χ0n) is 25.3. The molecule has 232 valence electrons. The first-order valence-electron chi connectivity index (χ1n) is 14.8. The van der Waals surface area contributed by atoms with Gasteiger partial charge >= 0.3 is 5.97 Å². The number of nitrogens with one attached hydrogen (secondary N) is 1.